The quantitative estimate of drug-likeness (QED) is 0.274. The van der Waals surface area contributed by atoms with Gasteiger partial charge < -0.3 is 10.0 Å². The lowest BCUT2D eigenvalue weighted by Crippen LogP contribution is -2.41. The monoisotopic (exact) mass is 533 g/mol. The van der Waals surface area contributed by atoms with Crippen LogP contribution in [0.4, 0.5) is 5.69 Å². The van der Waals surface area contributed by atoms with Crippen molar-refractivity contribution < 1.29 is 14.7 Å². The lowest BCUT2D eigenvalue weighted by atomic mass is 9.88. The molecule has 32 heavy (non-hydrogen) atoms. The summed E-state index contributed by atoms with van der Waals surface area (Å²) >= 11 is 2.17. The molecule has 0 radical (unpaired) electrons. The number of halogens is 1. The number of carbonyl (C=O) groups is 2. The number of carbonyl (C=O) groups excluding carboxylic acids is 2. The highest BCUT2D eigenvalue weighted by Gasteiger charge is 2.50. The van der Waals surface area contributed by atoms with Gasteiger partial charge in [0.15, 0.2) is 11.4 Å². The van der Waals surface area contributed by atoms with E-state index in [1.165, 1.54) is 0 Å². The van der Waals surface area contributed by atoms with E-state index in [2.05, 4.69) is 22.6 Å². The predicted molar refractivity (Wildman–Crippen MR) is 134 cm³/mol. The SMILES string of the molecule is O=C(C[C@]1(O)C(=O)N(Cc2cccc3ccccc23)c2ccccc21)c1ccc(I)cc1. The number of Topliss-reactive ketones (excluding diaryl/α,β-unsaturated/α-hetero) is 1. The molecule has 0 aliphatic carbocycles. The van der Waals surface area contributed by atoms with Crippen LogP contribution in [0.15, 0.2) is 91.0 Å². The van der Waals surface area contributed by atoms with Crippen molar-refractivity contribution in [2.75, 3.05) is 4.90 Å². The number of rotatable bonds is 5. The number of para-hydroxylation sites is 1. The van der Waals surface area contributed by atoms with Crippen LogP contribution in [0.2, 0.25) is 0 Å². The van der Waals surface area contributed by atoms with E-state index >= 15 is 0 Å². The summed E-state index contributed by atoms with van der Waals surface area (Å²) < 4.78 is 1.02. The van der Waals surface area contributed by atoms with E-state index in [1.54, 1.807) is 29.2 Å². The summed E-state index contributed by atoms with van der Waals surface area (Å²) in [5.41, 5.74) is 0.699. The Bertz CT molecular complexity index is 1340. The van der Waals surface area contributed by atoms with E-state index in [1.807, 2.05) is 66.7 Å². The molecule has 1 atom stereocenters. The number of amides is 1. The maximum Gasteiger partial charge on any atom is 0.264 e. The summed E-state index contributed by atoms with van der Waals surface area (Å²) in [7, 11) is 0. The van der Waals surface area contributed by atoms with Crippen LogP contribution in [0.3, 0.4) is 0 Å². The fourth-order valence-corrected chi connectivity index (χ4v) is 4.76. The van der Waals surface area contributed by atoms with Gasteiger partial charge in [0.1, 0.15) is 0 Å². The Labute approximate surface area is 199 Å². The fraction of sp³-hybridized carbons (Fsp3) is 0.111. The van der Waals surface area contributed by atoms with Gasteiger partial charge in [-0.1, -0.05) is 72.8 Å². The molecule has 0 aromatic heterocycles. The summed E-state index contributed by atoms with van der Waals surface area (Å²) in [5, 5.41) is 13.7. The number of benzene rings is 4. The van der Waals surface area contributed by atoms with Gasteiger partial charge in [0.25, 0.3) is 5.91 Å². The maximum atomic E-state index is 13.6. The molecule has 0 unspecified atom stereocenters. The normalized spacial score (nSPS) is 17.6. The Kier molecular flexibility index (Phi) is 5.31. The second-order valence-electron chi connectivity index (χ2n) is 8.01. The van der Waals surface area contributed by atoms with Crippen LogP contribution in [0, 0.1) is 3.57 Å². The van der Waals surface area contributed by atoms with Crippen molar-refractivity contribution >= 4 is 50.7 Å². The van der Waals surface area contributed by atoms with Gasteiger partial charge >= 0.3 is 0 Å². The van der Waals surface area contributed by atoms with Crippen LogP contribution in [-0.4, -0.2) is 16.8 Å². The molecular weight excluding hydrogens is 513 g/mol. The van der Waals surface area contributed by atoms with Gasteiger partial charge in [-0.05, 0) is 57.1 Å². The third kappa shape index (κ3) is 3.51. The number of hydrogen-bond donors (Lipinski definition) is 1. The second kappa shape index (κ2) is 8.15. The van der Waals surface area contributed by atoms with Crippen LogP contribution >= 0.6 is 22.6 Å². The van der Waals surface area contributed by atoms with Gasteiger partial charge in [0.2, 0.25) is 0 Å². The first-order valence-corrected chi connectivity index (χ1v) is 11.4. The molecule has 0 spiro atoms. The highest BCUT2D eigenvalue weighted by molar-refractivity contribution is 14.1. The Morgan fingerprint density at radius 1 is 0.875 bits per heavy atom. The summed E-state index contributed by atoms with van der Waals surface area (Å²) in [6.45, 7) is 0.317. The third-order valence-corrected chi connectivity index (χ3v) is 6.75. The Morgan fingerprint density at radius 3 is 2.38 bits per heavy atom. The van der Waals surface area contributed by atoms with Crippen LogP contribution in [0.25, 0.3) is 10.8 Å². The van der Waals surface area contributed by atoms with Crippen molar-refractivity contribution in [3.8, 4) is 0 Å². The van der Waals surface area contributed by atoms with E-state index in [0.29, 0.717) is 23.4 Å². The van der Waals surface area contributed by atoms with Gasteiger partial charge in [-0.2, -0.15) is 0 Å². The Hall–Kier alpha value is -3.03. The number of ketones is 1. The first kappa shape index (κ1) is 20.8. The number of aliphatic hydroxyl groups is 1. The van der Waals surface area contributed by atoms with Gasteiger partial charge in [0.05, 0.1) is 18.7 Å². The molecule has 4 aromatic rings. The van der Waals surface area contributed by atoms with Gasteiger partial charge in [-0.25, -0.2) is 0 Å². The highest BCUT2D eigenvalue weighted by atomic mass is 127. The molecule has 0 saturated carbocycles. The Balaban J connectivity index is 1.51. The van der Waals surface area contributed by atoms with E-state index in [9.17, 15) is 14.7 Å². The molecule has 0 fully saturated rings. The van der Waals surface area contributed by atoms with Gasteiger partial charge in [0, 0.05) is 14.7 Å². The number of nitrogens with zero attached hydrogens (tertiary/aromatic N) is 1. The van der Waals surface area contributed by atoms with Gasteiger partial charge in [-0.15, -0.1) is 0 Å². The van der Waals surface area contributed by atoms with Crippen molar-refractivity contribution in [3.05, 3.63) is 111 Å². The number of anilines is 1. The van der Waals surface area contributed by atoms with Crippen LogP contribution < -0.4 is 4.90 Å². The van der Waals surface area contributed by atoms with E-state index in [0.717, 1.165) is 19.9 Å². The van der Waals surface area contributed by atoms with E-state index < -0.39 is 11.5 Å². The second-order valence-corrected chi connectivity index (χ2v) is 9.26. The highest BCUT2D eigenvalue weighted by Crippen LogP contribution is 2.43. The average molecular weight is 533 g/mol. The first-order valence-electron chi connectivity index (χ1n) is 10.4. The summed E-state index contributed by atoms with van der Waals surface area (Å²) in [6, 6.07) is 28.4. The molecule has 4 nitrogen and oxygen atoms in total. The minimum Gasteiger partial charge on any atom is -0.375 e. The van der Waals surface area contributed by atoms with Crippen molar-refractivity contribution in [1.82, 2.24) is 0 Å². The molecule has 0 bridgehead atoms. The third-order valence-electron chi connectivity index (χ3n) is 6.03. The fourth-order valence-electron chi connectivity index (χ4n) is 4.41. The molecule has 1 N–H and O–H groups in total. The first-order chi connectivity index (χ1) is 15.5. The zero-order valence-corrected chi connectivity index (χ0v) is 19.3. The van der Waals surface area contributed by atoms with Crippen LogP contribution in [0.1, 0.15) is 27.9 Å². The summed E-state index contributed by atoms with van der Waals surface area (Å²) in [5.74, 6) is -0.732. The summed E-state index contributed by atoms with van der Waals surface area (Å²) in [6.07, 6.45) is -0.296. The minimum absolute atomic E-state index is 0.265. The van der Waals surface area contributed by atoms with Crippen molar-refractivity contribution in [1.29, 1.82) is 0 Å². The predicted octanol–water partition coefficient (Wildman–Crippen LogP) is 5.45. The summed E-state index contributed by atoms with van der Waals surface area (Å²) in [4.78, 5) is 28.1. The molecule has 1 heterocycles. The lowest BCUT2D eigenvalue weighted by molar-refractivity contribution is -0.136. The molecule has 1 aliphatic heterocycles. The molecule has 5 heteroatoms. The maximum absolute atomic E-state index is 13.6. The molecule has 5 rings (SSSR count). The molecule has 1 amide bonds. The van der Waals surface area contributed by atoms with Gasteiger partial charge in [-0.3, -0.25) is 9.59 Å². The van der Waals surface area contributed by atoms with Crippen LogP contribution in [-0.2, 0) is 16.9 Å². The molecular formula is C27H20INO3. The Morgan fingerprint density at radius 2 is 1.56 bits per heavy atom. The standard InChI is InChI=1S/C27H20INO3/c28-21-14-12-19(13-15-21)25(30)16-27(32)23-10-3-4-11-24(23)29(26(27)31)17-20-8-5-7-18-6-1-2-9-22(18)20/h1-15,32H,16-17H2/t27-/m1/s1. The smallest absolute Gasteiger partial charge is 0.264 e. The largest absolute Gasteiger partial charge is 0.375 e. The van der Waals surface area contributed by atoms with Crippen LogP contribution in [0.5, 0.6) is 0 Å². The molecule has 158 valence electrons. The molecule has 0 saturated heterocycles. The molecule has 4 aromatic carbocycles. The number of fused-ring (bicyclic) bond motifs is 2. The van der Waals surface area contributed by atoms with Crippen molar-refractivity contribution in [2.24, 2.45) is 0 Å². The van der Waals surface area contributed by atoms with E-state index in [-0.39, 0.29) is 12.2 Å². The van der Waals surface area contributed by atoms with E-state index in [4.69, 9.17) is 0 Å². The zero-order valence-electron chi connectivity index (χ0n) is 17.2. The lowest BCUT2D eigenvalue weighted by Gasteiger charge is -2.23. The molecule has 1 aliphatic rings. The minimum atomic E-state index is -1.89. The van der Waals surface area contributed by atoms with Crippen molar-refractivity contribution in [3.63, 3.8) is 0 Å². The number of hydrogen-bond acceptors (Lipinski definition) is 3. The zero-order chi connectivity index (χ0) is 22.3. The average Bonchev–Trinajstić information content (AvgIpc) is 3.01. The topological polar surface area (TPSA) is 57.6 Å². The van der Waals surface area contributed by atoms with Crippen molar-refractivity contribution in [2.45, 2.75) is 18.6 Å².